The molecular formula is C15H18N2O5. The molecular weight excluding hydrogens is 288 g/mol. The van der Waals surface area contributed by atoms with Crippen LogP contribution in [-0.2, 0) is 23.9 Å². The van der Waals surface area contributed by atoms with Gasteiger partial charge in [-0.25, -0.2) is 9.59 Å². The van der Waals surface area contributed by atoms with Gasteiger partial charge in [-0.15, -0.1) is 0 Å². The molecule has 1 aromatic rings. The number of anilines is 2. The molecule has 0 aliphatic carbocycles. The summed E-state index contributed by atoms with van der Waals surface area (Å²) in [6, 6.07) is 5.20. The maximum absolute atomic E-state index is 11.7. The quantitative estimate of drug-likeness (QED) is 0.634. The number of ether oxygens (including phenoxy) is 2. The van der Waals surface area contributed by atoms with E-state index in [1.165, 1.54) is 21.1 Å². The van der Waals surface area contributed by atoms with Crippen molar-refractivity contribution in [2.24, 2.45) is 0 Å². The summed E-state index contributed by atoms with van der Waals surface area (Å²) in [6.45, 7) is 3.23. The third kappa shape index (κ3) is 4.93. The summed E-state index contributed by atoms with van der Waals surface area (Å²) in [5, 5.41) is 5.41. The maximum Gasteiger partial charge on any atom is 0.354 e. The molecule has 0 heterocycles. The summed E-state index contributed by atoms with van der Waals surface area (Å²) in [5.74, 6) is -1.70. The van der Waals surface area contributed by atoms with Crippen molar-refractivity contribution >= 4 is 29.2 Å². The highest BCUT2D eigenvalue weighted by molar-refractivity contribution is 6.00. The number of methoxy groups -OCH3 is 2. The second kappa shape index (κ2) is 7.82. The van der Waals surface area contributed by atoms with Gasteiger partial charge < -0.3 is 20.1 Å². The Morgan fingerprint density at radius 2 is 1.73 bits per heavy atom. The molecule has 0 saturated heterocycles. The first-order valence-electron chi connectivity index (χ1n) is 6.40. The largest absolute Gasteiger partial charge is 0.466 e. The fraction of sp³-hybridized carbons (Fsp3) is 0.267. The van der Waals surface area contributed by atoms with Crippen LogP contribution in [0.5, 0.6) is 0 Å². The number of rotatable bonds is 5. The van der Waals surface area contributed by atoms with Crippen LogP contribution < -0.4 is 10.6 Å². The Bertz CT molecular complexity index is 622. The number of hydrogen-bond acceptors (Lipinski definition) is 6. The van der Waals surface area contributed by atoms with Crippen molar-refractivity contribution in [2.45, 2.75) is 13.8 Å². The zero-order chi connectivity index (χ0) is 16.7. The monoisotopic (exact) mass is 306 g/mol. The van der Waals surface area contributed by atoms with Crippen LogP contribution in [0.3, 0.4) is 0 Å². The van der Waals surface area contributed by atoms with Crippen LogP contribution in [0.25, 0.3) is 0 Å². The molecule has 0 aliphatic rings. The molecule has 0 unspecified atom stereocenters. The van der Waals surface area contributed by atoms with E-state index < -0.39 is 11.9 Å². The van der Waals surface area contributed by atoms with Gasteiger partial charge in [-0.3, -0.25) is 4.79 Å². The molecule has 0 bridgehead atoms. The smallest absolute Gasteiger partial charge is 0.354 e. The Morgan fingerprint density at radius 1 is 1.05 bits per heavy atom. The molecule has 0 fully saturated rings. The third-order valence-corrected chi connectivity index (χ3v) is 2.62. The van der Waals surface area contributed by atoms with E-state index in [0.717, 1.165) is 11.6 Å². The van der Waals surface area contributed by atoms with Crippen LogP contribution in [0.15, 0.2) is 30.0 Å². The Balaban J connectivity index is 3.17. The molecule has 0 atom stereocenters. The van der Waals surface area contributed by atoms with Gasteiger partial charge in [0.1, 0.15) is 5.70 Å². The van der Waals surface area contributed by atoms with E-state index in [4.69, 9.17) is 0 Å². The number of benzene rings is 1. The van der Waals surface area contributed by atoms with Crippen molar-refractivity contribution in [3.63, 3.8) is 0 Å². The number of hydrogen-bond donors (Lipinski definition) is 2. The summed E-state index contributed by atoms with van der Waals surface area (Å²) in [5.41, 5.74) is 1.74. The first kappa shape index (κ1) is 17.2. The zero-order valence-electron chi connectivity index (χ0n) is 12.9. The van der Waals surface area contributed by atoms with Crippen molar-refractivity contribution in [1.29, 1.82) is 0 Å². The van der Waals surface area contributed by atoms with Gasteiger partial charge in [0.25, 0.3) is 0 Å². The molecule has 0 aromatic heterocycles. The summed E-state index contributed by atoms with van der Waals surface area (Å²) in [7, 11) is 2.39. The summed E-state index contributed by atoms with van der Waals surface area (Å²) < 4.78 is 9.10. The molecule has 118 valence electrons. The van der Waals surface area contributed by atoms with Crippen LogP contribution in [-0.4, -0.2) is 32.1 Å². The van der Waals surface area contributed by atoms with Gasteiger partial charge in [-0.1, -0.05) is 6.07 Å². The molecule has 1 aromatic carbocycles. The summed E-state index contributed by atoms with van der Waals surface area (Å²) >= 11 is 0. The van der Waals surface area contributed by atoms with Gasteiger partial charge in [0.15, 0.2) is 0 Å². The normalized spacial score (nSPS) is 10.6. The van der Waals surface area contributed by atoms with Gasteiger partial charge >= 0.3 is 11.9 Å². The molecule has 1 amide bonds. The number of carbonyl (C=O) groups is 3. The fourth-order valence-electron chi connectivity index (χ4n) is 1.64. The molecule has 22 heavy (non-hydrogen) atoms. The number of carbonyl (C=O) groups excluding carboxylic acids is 3. The highest BCUT2D eigenvalue weighted by atomic mass is 16.5. The van der Waals surface area contributed by atoms with Gasteiger partial charge in [-0.05, 0) is 24.6 Å². The molecule has 7 nitrogen and oxygen atoms in total. The minimum absolute atomic E-state index is 0.107. The highest BCUT2D eigenvalue weighted by Gasteiger charge is 2.15. The molecule has 0 saturated carbocycles. The molecule has 0 radical (unpaired) electrons. The second-order valence-electron chi connectivity index (χ2n) is 4.43. The number of aryl methyl sites for hydroxylation is 1. The maximum atomic E-state index is 11.7. The summed E-state index contributed by atoms with van der Waals surface area (Å²) in [6.07, 6.45) is 0.975. The Morgan fingerprint density at radius 3 is 2.27 bits per heavy atom. The zero-order valence-corrected chi connectivity index (χ0v) is 12.9. The summed E-state index contributed by atoms with van der Waals surface area (Å²) in [4.78, 5) is 34.3. The Labute approximate surface area is 128 Å². The van der Waals surface area contributed by atoms with Gasteiger partial charge in [0.2, 0.25) is 5.91 Å². The van der Waals surface area contributed by atoms with Crippen molar-refractivity contribution in [2.75, 3.05) is 24.9 Å². The molecule has 1 rings (SSSR count). The lowest BCUT2D eigenvalue weighted by Gasteiger charge is -2.14. The predicted octanol–water partition coefficient (Wildman–Crippen LogP) is 1.60. The third-order valence-electron chi connectivity index (χ3n) is 2.62. The predicted molar refractivity (Wildman–Crippen MR) is 81.2 cm³/mol. The SMILES string of the molecule is COC(=O)/C=C(/Nc1ccc(C)cc1NC(C)=O)C(=O)OC. The van der Waals surface area contributed by atoms with Gasteiger partial charge in [0.05, 0.1) is 31.7 Å². The van der Waals surface area contributed by atoms with Crippen molar-refractivity contribution in [3.8, 4) is 0 Å². The van der Waals surface area contributed by atoms with Crippen LogP contribution >= 0.6 is 0 Å². The highest BCUT2D eigenvalue weighted by Crippen LogP contribution is 2.24. The van der Waals surface area contributed by atoms with E-state index in [-0.39, 0.29) is 11.6 Å². The van der Waals surface area contributed by atoms with E-state index in [1.54, 1.807) is 18.2 Å². The first-order valence-corrected chi connectivity index (χ1v) is 6.40. The van der Waals surface area contributed by atoms with Crippen LogP contribution in [0.4, 0.5) is 11.4 Å². The lowest BCUT2D eigenvalue weighted by Crippen LogP contribution is -2.17. The van der Waals surface area contributed by atoms with E-state index in [1.807, 2.05) is 6.92 Å². The number of amides is 1. The average molecular weight is 306 g/mol. The standard InChI is InChI=1S/C15H18N2O5/c1-9-5-6-11(12(7-9)16-10(2)18)17-13(15(20)22-4)8-14(19)21-3/h5-8,17H,1-4H3,(H,16,18)/b13-8+. The van der Waals surface area contributed by atoms with Gasteiger partial charge in [-0.2, -0.15) is 0 Å². The van der Waals surface area contributed by atoms with Crippen molar-refractivity contribution in [1.82, 2.24) is 0 Å². The van der Waals surface area contributed by atoms with Crippen LogP contribution in [0, 0.1) is 6.92 Å². The molecule has 0 spiro atoms. The second-order valence-corrected chi connectivity index (χ2v) is 4.43. The number of nitrogens with one attached hydrogen (secondary N) is 2. The van der Waals surface area contributed by atoms with Crippen LogP contribution in [0.1, 0.15) is 12.5 Å². The van der Waals surface area contributed by atoms with E-state index in [2.05, 4.69) is 20.1 Å². The van der Waals surface area contributed by atoms with Crippen LogP contribution in [0.2, 0.25) is 0 Å². The molecule has 0 aliphatic heterocycles. The van der Waals surface area contributed by atoms with E-state index in [9.17, 15) is 14.4 Å². The topological polar surface area (TPSA) is 93.7 Å². The van der Waals surface area contributed by atoms with E-state index >= 15 is 0 Å². The van der Waals surface area contributed by atoms with E-state index in [0.29, 0.717) is 11.4 Å². The fourth-order valence-corrected chi connectivity index (χ4v) is 1.64. The lowest BCUT2D eigenvalue weighted by atomic mass is 10.2. The minimum atomic E-state index is -0.736. The average Bonchev–Trinajstić information content (AvgIpc) is 2.47. The Hall–Kier alpha value is -2.83. The minimum Gasteiger partial charge on any atom is -0.466 e. The molecule has 2 N–H and O–H groups in total. The lowest BCUT2D eigenvalue weighted by molar-refractivity contribution is -0.138. The number of esters is 2. The van der Waals surface area contributed by atoms with Crippen molar-refractivity contribution in [3.05, 3.63) is 35.5 Å². The molecule has 7 heteroatoms. The first-order chi connectivity index (χ1) is 10.4. The van der Waals surface area contributed by atoms with Gasteiger partial charge in [0, 0.05) is 6.92 Å². The Kier molecular flexibility index (Phi) is 6.12. The van der Waals surface area contributed by atoms with Crippen molar-refractivity contribution < 1.29 is 23.9 Å².